The molecule has 0 aliphatic carbocycles. The van der Waals surface area contributed by atoms with Crippen LogP contribution in [0.4, 0.5) is 4.79 Å². The van der Waals surface area contributed by atoms with Gasteiger partial charge in [-0.2, -0.15) is 0 Å². The molecule has 4 aliphatic rings. The Kier molecular flexibility index (Phi) is 13.6. The lowest BCUT2D eigenvalue weighted by molar-refractivity contribution is -0.144. The molecule has 0 unspecified atom stereocenters. The molecule has 2 aromatic heterocycles. The Balaban J connectivity index is 0.000000192. The maximum atomic E-state index is 13.3. The van der Waals surface area contributed by atoms with Crippen molar-refractivity contribution in [3.8, 4) is 0 Å². The van der Waals surface area contributed by atoms with Crippen molar-refractivity contribution in [1.29, 1.82) is 0 Å². The molecule has 14 heteroatoms. The van der Waals surface area contributed by atoms with Crippen molar-refractivity contribution in [2.75, 3.05) is 53.0 Å². The van der Waals surface area contributed by atoms with E-state index >= 15 is 0 Å². The summed E-state index contributed by atoms with van der Waals surface area (Å²) in [6.07, 6.45) is 5.29. The lowest BCUT2D eigenvalue weighted by atomic mass is 9.98. The number of piperidine rings is 2. The molecule has 2 fully saturated rings. The number of esters is 2. The highest BCUT2D eigenvalue weighted by molar-refractivity contribution is 6.01. The van der Waals surface area contributed by atoms with Gasteiger partial charge in [0.1, 0.15) is 18.7 Å². The van der Waals surface area contributed by atoms with Crippen LogP contribution in [0, 0.1) is 11.8 Å². The number of fused-ring (bicyclic) bond motifs is 6. The van der Waals surface area contributed by atoms with Crippen LogP contribution in [-0.2, 0) is 62.8 Å². The minimum Gasteiger partial charge on any atom is -0.468 e. The van der Waals surface area contributed by atoms with E-state index in [1.54, 1.807) is 11.8 Å². The average Bonchev–Trinajstić information content (AvgIpc) is 3.73. The highest BCUT2D eigenvalue weighted by Gasteiger charge is 2.32. The predicted molar refractivity (Wildman–Crippen MR) is 237 cm³/mol. The lowest BCUT2D eigenvalue weighted by Gasteiger charge is -2.31. The van der Waals surface area contributed by atoms with E-state index in [0.717, 1.165) is 110 Å². The third-order valence-corrected chi connectivity index (χ3v) is 12.8. The van der Waals surface area contributed by atoms with E-state index in [0.29, 0.717) is 43.5 Å². The van der Waals surface area contributed by atoms with E-state index in [2.05, 4.69) is 19.2 Å². The molecule has 0 spiro atoms. The highest BCUT2D eigenvalue weighted by atomic mass is 16.6. The van der Waals surface area contributed by atoms with Crippen LogP contribution >= 0.6 is 0 Å². The van der Waals surface area contributed by atoms with Gasteiger partial charge in [-0.3, -0.25) is 19.2 Å². The van der Waals surface area contributed by atoms with Crippen molar-refractivity contribution in [3.63, 3.8) is 0 Å². The zero-order chi connectivity index (χ0) is 44.3. The SMILES string of the molecule is CCOC(=O)Cn1c2c(c3cc(C(=O)N4CCC(C)CC4)ccc31)CN(C(=O)OC(C)(C)C)CC2.COC(=O)Cn1c2c(c3cc(C(=O)N4CCC(C)CC4)ccc31)CNCC2. The molecule has 4 aromatic rings. The predicted octanol–water partition coefficient (Wildman–Crippen LogP) is 6.70. The van der Waals surface area contributed by atoms with Crippen LogP contribution in [0.25, 0.3) is 21.8 Å². The first-order valence-corrected chi connectivity index (χ1v) is 22.4. The lowest BCUT2D eigenvalue weighted by Crippen LogP contribution is -2.40. The first kappa shape index (κ1) is 44.7. The molecule has 1 N–H and O–H groups in total. The van der Waals surface area contributed by atoms with Crippen LogP contribution in [-0.4, -0.2) is 112 Å². The monoisotopic (exact) mass is 852 g/mol. The number of carbonyl (C=O) groups excluding carboxylic acids is 5. The maximum Gasteiger partial charge on any atom is 0.410 e. The van der Waals surface area contributed by atoms with Gasteiger partial charge in [-0.15, -0.1) is 0 Å². The van der Waals surface area contributed by atoms with Crippen molar-refractivity contribution in [2.45, 2.75) is 112 Å². The number of aromatic nitrogens is 2. The number of hydrogen-bond acceptors (Lipinski definition) is 9. The molecule has 0 radical (unpaired) electrons. The zero-order valence-corrected chi connectivity index (χ0v) is 37.6. The van der Waals surface area contributed by atoms with Gasteiger partial charge in [0.05, 0.1) is 20.3 Å². The number of nitrogens with one attached hydrogen (secondary N) is 1. The smallest absolute Gasteiger partial charge is 0.410 e. The molecule has 0 saturated carbocycles. The Morgan fingerprint density at radius 2 is 1.21 bits per heavy atom. The zero-order valence-electron chi connectivity index (χ0n) is 37.6. The molecule has 3 amide bonds. The summed E-state index contributed by atoms with van der Waals surface area (Å²) in [6.45, 7) is 18.2. The Morgan fingerprint density at radius 3 is 1.73 bits per heavy atom. The first-order chi connectivity index (χ1) is 29.6. The van der Waals surface area contributed by atoms with E-state index in [4.69, 9.17) is 14.2 Å². The van der Waals surface area contributed by atoms with Crippen molar-refractivity contribution in [2.24, 2.45) is 11.8 Å². The summed E-state index contributed by atoms with van der Waals surface area (Å²) in [4.78, 5) is 68.9. The fraction of sp³-hybridized carbons (Fsp3) is 0.562. The van der Waals surface area contributed by atoms with Gasteiger partial charge in [0.2, 0.25) is 0 Å². The van der Waals surface area contributed by atoms with Crippen LogP contribution in [0.1, 0.15) is 110 Å². The number of amides is 3. The van der Waals surface area contributed by atoms with Gasteiger partial charge in [0.15, 0.2) is 0 Å². The molecular weight excluding hydrogens is 789 g/mol. The molecule has 6 heterocycles. The van der Waals surface area contributed by atoms with E-state index in [-0.39, 0.29) is 42.9 Å². The summed E-state index contributed by atoms with van der Waals surface area (Å²) in [5.41, 5.74) is 7.00. The Morgan fingerprint density at radius 1 is 0.694 bits per heavy atom. The van der Waals surface area contributed by atoms with Crippen molar-refractivity contribution in [3.05, 3.63) is 70.0 Å². The summed E-state index contributed by atoms with van der Waals surface area (Å²) in [6, 6.07) is 11.6. The Hall–Kier alpha value is -5.37. The number of likely N-dealkylation sites (tertiary alicyclic amines) is 2. The third-order valence-electron chi connectivity index (χ3n) is 12.8. The van der Waals surface area contributed by atoms with Gasteiger partial charge in [0, 0.05) is 109 Å². The number of methoxy groups -OCH3 is 1. The van der Waals surface area contributed by atoms with Gasteiger partial charge in [-0.25, -0.2) is 4.79 Å². The quantitative estimate of drug-likeness (QED) is 0.159. The normalized spacial score (nSPS) is 17.2. The molecule has 0 atom stereocenters. The maximum absolute atomic E-state index is 13.3. The van der Waals surface area contributed by atoms with Gasteiger partial charge >= 0.3 is 18.0 Å². The average molecular weight is 853 g/mol. The summed E-state index contributed by atoms with van der Waals surface area (Å²) in [7, 11) is 1.41. The standard InChI is InChI=1S/C27H37N3O5.C21H27N3O3/c1-6-34-24(31)17-30-22-8-7-19(25(32)28-12-9-18(2)10-13-28)15-20(22)21-16-29(14-11-23(21)30)26(33)35-27(3,4)5;1-14-6-9-23(10-7-14)21(26)15-3-4-18-16(11-15)17-12-22-8-5-19(17)24(18)13-20(25)27-2/h7-8,15,18H,6,9-14,16-17H2,1-5H3;3-4,11,14,22H,5-10,12-13H2,1-2H3. The number of carbonyl (C=O) groups is 5. The summed E-state index contributed by atoms with van der Waals surface area (Å²) < 4.78 is 19.7. The number of nitrogens with zero attached hydrogens (tertiary/aromatic N) is 5. The van der Waals surface area contributed by atoms with Gasteiger partial charge in [0.25, 0.3) is 11.8 Å². The van der Waals surface area contributed by atoms with E-state index in [9.17, 15) is 24.0 Å². The number of benzene rings is 2. The van der Waals surface area contributed by atoms with Gasteiger partial charge < -0.3 is 43.4 Å². The van der Waals surface area contributed by atoms with Gasteiger partial charge in [-0.05, 0) is 107 Å². The van der Waals surface area contributed by atoms with Crippen LogP contribution < -0.4 is 5.32 Å². The van der Waals surface area contributed by atoms with Crippen molar-refractivity contribution in [1.82, 2.24) is 29.2 Å². The van der Waals surface area contributed by atoms with E-state index in [1.807, 2.05) is 76.1 Å². The molecule has 4 aliphatic heterocycles. The third kappa shape index (κ3) is 9.80. The number of hydrogen-bond donors (Lipinski definition) is 1. The molecule has 2 saturated heterocycles. The second-order valence-electron chi connectivity index (χ2n) is 18.4. The Bertz CT molecular complexity index is 2320. The second-order valence-corrected chi connectivity index (χ2v) is 18.4. The fourth-order valence-electron chi connectivity index (χ4n) is 9.26. The second kappa shape index (κ2) is 18.9. The molecule has 2 aromatic carbocycles. The molecule has 14 nitrogen and oxygen atoms in total. The fourth-order valence-corrected chi connectivity index (χ4v) is 9.26. The van der Waals surface area contributed by atoms with Crippen LogP contribution in [0.15, 0.2) is 36.4 Å². The topological polar surface area (TPSA) is 145 Å². The van der Waals surface area contributed by atoms with E-state index < -0.39 is 5.60 Å². The molecule has 334 valence electrons. The van der Waals surface area contributed by atoms with Gasteiger partial charge in [-0.1, -0.05) is 13.8 Å². The Labute approximate surface area is 364 Å². The summed E-state index contributed by atoms with van der Waals surface area (Å²) in [5.74, 6) is 0.930. The number of rotatable bonds is 7. The number of ether oxygens (including phenoxy) is 3. The van der Waals surface area contributed by atoms with Crippen LogP contribution in [0.2, 0.25) is 0 Å². The summed E-state index contributed by atoms with van der Waals surface area (Å²) >= 11 is 0. The molecular formula is C48H64N6O8. The van der Waals surface area contributed by atoms with Crippen molar-refractivity contribution < 1.29 is 38.2 Å². The molecule has 0 bridgehead atoms. The van der Waals surface area contributed by atoms with E-state index in [1.165, 1.54) is 18.4 Å². The largest absolute Gasteiger partial charge is 0.468 e. The van der Waals surface area contributed by atoms with Crippen molar-refractivity contribution >= 4 is 51.7 Å². The molecule has 62 heavy (non-hydrogen) atoms. The van der Waals surface area contributed by atoms with Crippen LogP contribution in [0.5, 0.6) is 0 Å². The first-order valence-electron chi connectivity index (χ1n) is 22.4. The minimum atomic E-state index is -0.583. The minimum absolute atomic E-state index is 0.0329. The van der Waals surface area contributed by atoms with Crippen LogP contribution in [0.3, 0.4) is 0 Å². The summed E-state index contributed by atoms with van der Waals surface area (Å²) in [5, 5.41) is 5.37. The highest BCUT2D eigenvalue weighted by Crippen LogP contribution is 2.34. The molecule has 8 rings (SSSR count).